The zero-order valence-electron chi connectivity index (χ0n) is 10.9. The molecule has 1 aliphatic carbocycles. The predicted octanol–water partition coefficient (Wildman–Crippen LogP) is 3.78. The van der Waals surface area contributed by atoms with Crippen LogP contribution in [0.15, 0.2) is 12.2 Å². The molecule has 0 aliphatic heterocycles. The van der Waals surface area contributed by atoms with E-state index in [2.05, 4.69) is 20.8 Å². The van der Waals surface area contributed by atoms with Crippen molar-refractivity contribution in [3.8, 4) is 0 Å². The van der Waals surface area contributed by atoms with Gasteiger partial charge in [-0.05, 0) is 50.4 Å². The van der Waals surface area contributed by atoms with Crippen LogP contribution in [0.5, 0.6) is 0 Å². The lowest BCUT2D eigenvalue weighted by Crippen LogP contribution is -2.40. The summed E-state index contributed by atoms with van der Waals surface area (Å²) in [6.45, 7) is 10.7. The van der Waals surface area contributed by atoms with Gasteiger partial charge in [0.25, 0.3) is 0 Å². The van der Waals surface area contributed by atoms with Crippen LogP contribution in [0.2, 0.25) is 0 Å². The molecular formula is C14H26O. The number of hydrogen-bond acceptors (Lipinski definition) is 1. The lowest BCUT2D eigenvalue weighted by Gasteiger charge is -2.38. The van der Waals surface area contributed by atoms with Crippen LogP contribution in [0, 0.1) is 17.3 Å². The highest BCUT2D eigenvalue weighted by Gasteiger charge is 2.46. The molecule has 0 aromatic rings. The second-order valence-electron chi connectivity index (χ2n) is 5.96. The molecule has 1 saturated carbocycles. The fourth-order valence-corrected chi connectivity index (χ4v) is 2.84. The lowest BCUT2D eigenvalue weighted by atomic mass is 9.71. The van der Waals surface area contributed by atoms with Crippen molar-refractivity contribution in [2.45, 2.75) is 59.5 Å². The first kappa shape index (κ1) is 12.8. The van der Waals surface area contributed by atoms with Crippen LogP contribution >= 0.6 is 0 Å². The van der Waals surface area contributed by atoms with E-state index in [4.69, 9.17) is 0 Å². The van der Waals surface area contributed by atoms with Crippen LogP contribution in [0.25, 0.3) is 0 Å². The third-order valence-corrected chi connectivity index (χ3v) is 4.44. The zero-order chi connectivity index (χ0) is 11.7. The Morgan fingerprint density at radius 2 is 2.07 bits per heavy atom. The van der Waals surface area contributed by atoms with Gasteiger partial charge < -0.3 is 5.11 Å². The highest BCUT2D eigenvalue weighted by atomic mass is 16.3. The maximum atomic E-state index is 10.5. The smallest absolute Gasteiger partial charge is 0.0852 e. The number of rotatable bonds is 3. The number of hydrogen-bond donors (Lipinski definition) is 1. The second-order valence-corrected chi connectivity index (χ2v) is 5.96. The van der Waals surface area contributed by atoms with E-state index in [0.29, 0.717) is 0 Å². The Hall–Kier alpha value is -0.300. The minimum atomic E-state index is -0.647. The van der Waals surface area contributed by atoms with Crippen molar-refractivity contribution in [2.75, 3.05) is 0 Å². The molecule has 0 bridgehead atoms. The van der Waals surface area contributed by atoms with Crippen molar-refractivity contribution >= 4 is 0 Å². The zero-order valence-corrected chi connectivity index (χ0v) is 10.9. The monoisotopic (exact) mass is 210 g/mol. The molecule has 0 heterocycles. The van der Waals surface area contributed by atoms with Crippen molar-refractivity contribution in [3.05, 3.63) is 12.2 Å². The molecule has 1 fully saturated rings. The fourth-order valence-electron chi connectivity index (χ4n) is 2.84. The first-order valence-electron chi connectivity index (χ1n) is 6.18. The van der Waals surface area contributed by atoms with Crippen LogP contribution < -0.4 is 0 Å². The Bertz CT molecular complexity index is 240. The standard InChI is InChI=1S/C14H26O/c1-6-8-14(5,15)13(4)9-7-12(10-13)11(2)3/h6,8,11-12,15H,7,9-10H2,1-5H3/b8-6+. The van der Waals surface area contributed by atoms with Crippen molar-refractivity contribution in [1.29, 1.82) is 0 Å². The molecule has 0 aromatic heterocycles. The van der Waals surface area contributed by atoms with Gasteiger partial charge >= 0.3 is 0 Å². The maximum absolute atomic E-state index is 10.5. The molecule has 3 atom stereocenters. The van der Waals surface area contributed by atoms with Gasteiger partial charge in [-0.1, -0.05) is 32.9 Å². The highest BCUT2D eigenvalue weighted by Crippen LogP contribution is 2.51. The lowest BCUT2D eigenvalue weighted by molar-refractivity contribution is -0.0189. The fraction of sp³-hybridized carbons (Fsp3) is 0.857. The summed E-state index contributed by atoms with van der Waals surface area (Å²) in [5, 5.41) is 10.5. The Kier molecular flexibility index (Phi) is 3.65. The van der Waals surface area contributed by atoms with Crippen LogP contribution in [-0.4, -0.2) is 10.7 Å². The summed E-state index contributed by atoms with van der Waals surface area (Å²) in [4.78, 5) is 0. The van der Waals surface area contributed by atoms with E-state index in [1.165, 1.54) is 6.42 Å². The Labute approximate surface area is 94.6 Å². The molecule has 0 amide bonds. The van der Waals surface area contributed by atoms with E-state index in [1.807, 2.05) is 26.0 Å². The molecule has 1 rings (SSSR count). The third-order valence-electron chi connectivity index (χ3n) is 4.44. The van der Waals surface area contributed by atoms with E-state index in [0.717, 1.165) is 24.7 Å². The summed E-state index contributed by atoms with van der Waals surface area (Å²) >= 11 is 0. The van der Waals surface area contributed by atoms with Gasteiger partial charge in [-0.25, -0.2) is 0 Å². The summed E-state index contributed by atoms with van der Waals surface area (Å²) in [6.07, 6.45) is 7.49. The molecule has 1 aliphatic rings. The highest BCUT2D eigenvalue weighted by molar-refractivity contribution is 5.09. The first-order valence-corrected chi connectivity index (χ1v) is 6.18. The van der Waals surface area contributed by atoms with E-state index in [-0.39, 0.29) is 5.41 Å². The predicted molar refractivity (Wildman–Crippen MR) is 65.7 cm³/mol. The van der Waals surface area contributed by atoms with Gasteiger partial charge in [0.2, 0.25) is 0 Å². The van der Waals surface area contributed by atoms with Crippen LogP contribution in [0.4, 0.5) is 0 Å². The van der Waals surface area contributed by atoms with Crippen LogP contribution in [0.3, 0.4) is 0 Å². The normalized spacial score (nSPS) is 36.3. The largest absolute Gasteiger partial charge is 0.386 e. The Morgan fingerprint density at radius 1 is 1.47 bits per heavy atom. The van der Waals surface area contributed by atoms with Crippen molar-refractivity contribution < 1.29 is 5.11 Å². The van der Waals surface area contributed by atoms with E-state index in [1.54, 1.807) is 0 Å². The third kappa shape index (κ3) is 2.44. The molecule has 0 spiro atoms. The average Bonchev–Trinajstić information content (AvgIpc) is 2.49. The first-order chi connectivity index (χ1) is 6.82. The number of allylic oxidation sites excluding steroid dienone is 1. The molecule has 1 heteroatoms. The summed E-state index contributed by atoms with van der Waals surface area (Å²) in [5.74, 6) is 1.53. The molecule has 0 saturated heterocycles. The summed E-state index contributed by atoms with van der Waals surface area (Å²) in [5.41, 5.74) is -0.583. The van der Waals surface area contributed by atoms with E-state index < -0.39 is 5.60 Å². The topological polar surface area (TPSA) is 20.2 Å². The molecular weight excluding hydrogens is 184 g/mol. The van der Waals surface area contributed by atoms with E-state index >= 15 is 0 Å². The van der Waals surface area contributed by atoms with Crippen molar-refractivity contribution in [2.24, 2.45) is 17.3 Å². The molecule has 1 nitrogen and oxygen atoms in total. The maximum Gasteiger partial charge on any atom is 0.0852 e. The molecule has 15 heavy (non-hydrogen) atoms. The molecule has 0 radical (unpaired) electrons. The Balaban J connectivity index is 2.78. The number of aliphatic hydroxyl groups is 1. The average molecular weight is 210 g/mol. The minimum Gasteiger partial charge on any atom is -0.386 e. The minimum absolute atomic E-state index is 0.0639. The van der Waals surface area contributed by atoms with Gasteiger partial charge in [-0.3, -0.25) is 0 Å². The summed E-state index contributed by atoms with van der Waals surface area (Å²) in [7, 11) is 0. The quantitative estimate of drug-likeness (QED) is 0.703. The second kappa shape index (κ2) is 4.29. The van der Waals surface area contributed by atoms with Crippen molar-refractivity contribution in [1.82, 2.24) is 0 Å². The van der Waals surface area contributed by atoms with Gasteiger partial charge in [0, 0.05) is 0 Å². The van der Waals surface area contributed by atoms with Crippen molar-refractivity contribution in [3.63, 3.8) is 0 Å². The van der Waals surface area contributed by atoms with Gasteiger partial charge in [0.15, 0.2) is 0 Å². The summed E-state index contributed by atoms with van der Waals surface area (Å²) < 4.78 is 0. The molecule has 0 aromatic carbocycles. The molecule has 3 unspecified atom stereocenters. The summed E-state index contributed by atoms with van der Waals surface area (Å²) in [6, 6.07) is 0. The molecule has 1 N–H and O–H groups in total. The Morgan fingerprint density at radius 3 is 2.47 bits per heavy atom. The molecule has 88 valence electrons. The van der Waals surface area contributed by atoms with Crippen LogP contribution in [0.1, 0.15) is 53.9 Å². The van der Waals surface area contributed by atoms with Gasteiger partial charge in [-0.2, -0.15) is 0 Å². The van der Waals surface area contributed by atoms with Gasteiger partial charge in [-0.15, -0.1) is 0 Å². The SMILES string of the molecule is C/C=C/C(C)(O)C1(C)CCC(C(C)C)C1. The van der Waals surface area contributed by atoms with Gasteiger partial charge in [0.05, 0.1) is 5.60 Å². The van der Waals surface area contributed by atoms with E-state index in [9.17, 15) is 5.11 Å². The van der Waals surface area contributed by atoms with Gasteiger partial charge in [0.1, 0.15) is 0 Å². The van der Waals surface area contributed by atoms with Crippen LogP contribution in [-0.2, 0) is 0 Å².